The fourth-order valence-corrected chi connectivity index (χ4v) is 5.79. The fourth-order valence-electron chi connectivity index (χ4n) is 5.79. The van der Waals surface area contributed by atoms with Gasteiger partial charge in [-0.15, -0.1) is 0 Å². The van der Waals surface area contributed by atoms with Crippen LogP contribution in [0.5, 0.6) is 5.75 Å². The number of benzene rings is 1. The SMILES string of the molecule is C=CCOc1cccc(F)c1-c1nc2c(cc1F)c(N1CCN(C(=O)OC(C)(C)C)C[C@@H]1C)nc(=O)n2-c1c(C=C)ccnc1C(C)C. The summed E-state index contributed by atoms with van der Waals surface area (Å²) in [4.78, 5) is 44.2. The van der Waals surface area contributed by atoms with E-state index in [9.17, 15) is 9.59 Å². The molecule has 1 atom stereocenters. The second kappa shape index (κ2) is 13.5. The van der Waals surface area contributed by atoms with Crippen LogP contribution in [0.2, 0.25) is 0 Å². The van der Waals surface area contributed by atoms with Crippen LogP contribution < -0.4 is 15.3 Å². The fraction of sp³-hybridized carbons (Fsp3) is 0.361. The number of rotatable bonds is 8. The predicted octanol–water partition coefficient (Wildman–Crippen LogP) is 6.90. The van der Waals surface area contributed by atoms with Crippen LogP contribution in [0.25, 0.3) is 34.1 Å². The molecule has 0 bridgehead atoms. The van der Waals surface area contributed by atoms with Crippen molar-refractivity contribution in [3.8, 4) is 22.7 Å². The Morgan fingerprint density at radius 2 is 1.88 bits per heavy atom. The molecule has 1 fully saturated rings. The Kier molecular flexibility index (Phi) is 9.65. The Labute approximate surface area is 278 Å². The number of hydrogen-bond donors (Lipinski definition) is 0. The summed E-state index contributed by atoms with van der Waals surface area (Å²) < 4.78 is 44.3. The van der Waals surface area contributed by atoms with Gasteiger partial charge in [0.15, 0.2) is 11.5 Å². The molecule has 252 valence electrons. The van der Waals surface area contributed by atoms with Crippen LogP contribution in [-0.4, -0.2) is 68.4 Å². The van der Waals surface area contributed by atoms with Gasteiger partial charge in [0.1, 0.15) is 35.3 Å². The first-order valence-electron chi connectivity index (χ1n) is 15.8. The van der Waals surface area contributed by atoms with Crippen LogP contribution in [0.15, 0.2) is 60.6 Å². The quantitative estimate of drug-likeness (QED) is 0.189. The minimum Gasteiger partial charge on any atom is -0.489 e. The normalized spacial score (nSPS) is 15.1. The van der Waals surface area contributed by atoms with E-state index in [1.165, 1.54) is 34.9 Å². The molecule has 0 radical (unpaired) electrons. The maximum absolute atomic E-state index is 16.3. The Morgan fingerprint density at radius 1 is 1.12 bits per heavy atom. The van der Waals surface area contributed by atoms with Crippen LogP contribution in [0.1, 0.15) is 58.7 Å². The molecule has 5 rings (SSSR count). The molecular weight excluding hydrogens is 618 g/mol. The van der Waals surface area contributed by atoms with E-state index in [1.807, 2.05) is 25.7 Å². The zero-order valence-electron chi connectivity index (χ0n) is 28.1. The Morgan fingerprint density at radius 3 is 2.52 bits per heavy atom. The first-order chi connectivity index (χ1) is 22.7. The van der Waals surface area contributed by atoms with Gasteiger partial charge in [-0.3, -0.25) is 4.98 Å². The van der Waals surface area contributed by atoms with Gasteiger partial charge in [-0.25, -0.2) is 27.9 Å². The third-order valence-corrected chi connectivity index (χ3v) is 7.90. The average molecular weight is 659 g/mol. The van der Waals surface area contributed by atoms with E-state index in [-0.39, 0.29) is 72.1 Å². The van der Waals surface area contributed by atoms with Crippen molar-refractivity contribution in [2.75, 3.05) is 31.1 Å². The molecular formula is C36H40F2N6O4. The molecule has 0 spiro atoms. The molecule has 1 amide bonds. The predicted molar refractivity (Wildman–Crippen MR) is 183 cm³/mol. The summed E-state index contributed by atoms with van der Waals surface area (Å²) in [7, 11) is 0. The van der Waals surface area contributed by atoms with E-state index in [4.69, 9.17) is 9.47 Å². The number of fused-ring (bicyclic) bond motifs is 1. The van der Waals surface area contributed by atoms with Crippen molar-refractivity contribution in [3.63, 3.8) is 0 Å². The maximum atomic E-state index is 16.3. The van der Waals surface area contributed by atoms with Crippen molar-refractivity contribution in [2.24, 2.45) is 0 Å². The van der Waals surface area contributed by atoms with Crippen LogP contribution in [0.4, 0.5) is 19.4 Å². The summed E-state index contributed by atoms with van der Waals surface area (Å²) >= 11 is 0. The summed E-state index contributed by atoms with van der Waals surface area (Å²) in [6.45, 7) is 19.6. The van der Waals surface area contributed by atoms with Gasteiger partial charge in [0.05, 0.1) is 22.3 Å². The number of piperazine rings is 1. The lowest BCUT2D eigenvalue weighted by Crippen LogP contribution is -2.55. The highest BCUT2D eigenvalue weighted by Crippen LogP contribution is 2.37. The summed E-state index contributed by atoms with van der Waals surface area (Å²) in [5.41, 5.74) is -0.324. The summed E-state index contributed by atoms with van der Waals surface area (Å²) in [6, 6.07) is 6.74. The molecule has 4 aromatic rings. The lowest BCUT2D eigenvalue weighted by molar-refractivity contribution is 0.0218. The summed E-state index contributed by atoms with van der Waals surface area (Å²) in [6.07, 6.45) is 4.26. The molecule has 1 aliphatic rings. The molecule has 4 heterocycles. The number of amides is 1. The standard InChI is InChI=1S/C36H40F2N6O4/c1-9-18-47-27-13-11-12-25(37)28(27)30-26(38)19-24-32(43-17-16-42(20-22(43)5)35(46)48-36(6,7)8)41-34(45)44(33(24)40-30)31-23(10-2)14-15-39-29(31)21(3)4/h9-15,19,21-22H,1-2,16-18,20H2,3-8H3/t22-/m0/s1. The Hall–Kier alpha value is -5.13. The molecule has 1 saturated heterocycles. The highest BCUT2D eigenvalue weighted by Gasteiger charge is 2.33. The molecule has 0 unspecified atom stereocenters. The van der Waals surface area contributed by atoms with E-state index in [2.05, 4.69) is 28.1 Å². The molecule has 0 saturated carbocycles. The Balaban J connectivity index is 1.78. The van der Waals surface area contributed by atoms with E-state index in [0.29, 0.717) is 16.9 Å². The van der Waals surface area contributed by atoms with E-state index >= 15 is 8.78 Å². The van der Waals surface area contributed by atoms with Crippen molar-refractivity contribution in [1.82, 2.24) is 24.4 Å². The van der Waals surface area contributed by atoms with E-state index < -0.39 is 29.0 Å². The average Bonchev–Trinajstić information content (AvgIpc) is 3.02. The van der Waals surface area contributed by atoms with Crippen LogP contribution >= 0.6 is 0 Å². The van der Waals surface area contributed by atoms with Gasteiger partial charge < -0.3 is 19.3 Å². The van der Waals surface area contributed by atoms with E-state index in [0.717, 1.165) is 0 Å². The van der Waals surface area contributed by atoms with Crippen LogP contribution in [0, 0.1) is 11.6 Å². The van der Waals surface area contributed by atoms with Gasteiger partial charge in [0, 0.05) is 37.4 Å². The third kappa shape index (κ3) is 6.65. The lowest BCUT2D eigenvalue weighted by atomic mass is 10.0. The number of aromatic nitrogens is 4. The number of carbonyl (C=O) groups is 1. The highest BCUT2D eigenvalue weighted by atomic mass is 19.1. The zero-order valence-corrected chi connectivity index (χ0v) is 28.1. The monoisotopic (exact) mass is 658 g/mol. The topological polar surface area (TPSA) is 103 Å². The number of pyridine rings is 2. The number of halogens is 2. The minimum atomic E-state index is -0.844. The van der Waals surface area contributed by atoms with E-state index in [1.54, 1.807) is 44.0 Å². The first-order valence-corrected chi connectivity index (χ1v) is 15.8. The number of carbonyl (C=O) groups excluding carboxylic acids is 1. The summed E-state index contributed by atoms with van der Waals surface area (Å²) in [5.74, 6) is -1.48. The first kappa shape index (κ1) is 34.2. The lowest BCUT2D eigenvalue weighted by Gasteiger charge is -2.41. The third-order valence-electron chi connectivity index (χ3n) is 7.90. The van der Waals surface area contributed by atoms with Crippen LogP contribution in [-0.2, 0) is 4.74 Å². The number of hydrogen-bond acceptors (Lipinski definition) is 8. The van der Waals surface area contributed by atoms with Gasteiger partial charge in [-0.2, -0.15) is 4.98 Å². The number of ether oxygens (including phenoxy) is 2. The molecule has 48 heavy (non-hydrogen) atoms. The van der Waals surface area contributed by atoms with Gasteiger partial charge >= 0.3 is 11.8 Å². The Bertz CT molecular complexity index is 1950. The van der Waals surface area contributed by atoms with Gasteiger partial charge in [0.2, 0.25) is 0 Å². The molecule has 1 aliphatic heterocycles. The van der Waals surface area contributed by atoms with Gasteiger partial charge in [0.25, 0.3) is 0 Å². The molecule has 10 nitrogen and oxygen atoms in total. The molecule has 0 aliphatic carbocycles. The van der Waals surface area contributed by atoms with Crippen molar-refractivity contribution in [3.05, 3.63) is 89.1 Å². The minimum absolute atomic E-state index is 0.0408. The molecule has 12 heteroatoms. The van der Waals surface area contributed by atoms with Crippen LogP contribution in [0.3, 0.4) is 0 Å². The van der Waals surface area contributed by atoms with Gasteiger partial charge in [-0.05, 0) is 57.9 Å². The second-order valence-electron chi connectivity index (χ2n) is 12.9. The van der Waals surface area contributed by atoms with Crippen molar-refractivity contribution >= 4 is 29.0 Å². The largest absolute Gasteiger partial charge is 0.489 e. The molecule has 3 aromatic heterocycles. The summed E-state index contributed by atoms with van der Waals surface area (Å²) in [5, 5.41) is 0.215. The molecule has 0 N–H and O–H groups in total. The zero-order chi connectivity index (χ0) is 34.9. The maximum Gasteiger partial charge on any atom is 0.410 e. The second-order valence-corrected chi connectivity index (χ2v) is 12.9. The van der Waals surface area contributed by atoms with Crippen molar-refractivity contribution in [2.45, 2.75) is 59.1 Å². The highest BCUT2D eigenvalue weighted by molar-refractivity contribution is 5.91. The van der Waals surface area contributed by atoms with Gasteiger partial charge in [-0.1, -0.05) is 45.2 Å². The molecule has 1 aromatic carbocycles. The van der Waals surface area contributed by atoms with Crippen molar-refractivity contribution in [1.29, 1.82) is 0 Å². The van der Waals surface area contributed by atoms with Crippen molar-refractivity contribution < 1.29 is 23.0 Å². The smallest absolute Gasteiger partial charge is 0.410 e. The number of anilines is 1. The number of nitrogens with zero attached hydrogens (tertiary/aromatic N) is 6.